The molecular weight excluding hydrogens is 202 g/mol. The molecule has 2 rings (SSSR count). The second-order valence-corrected chi connectivity index (χ2v) is 4.71. The molecule has 4 heteroatoms. The second kappa shape index (κ2) is 4.22. The molecule has 0 saturated heterocycles. The highest BCUT2D eigenvalue weighted by Gasteiger charge is 2.32. The zero-order valence-electron chi connectivity index (χ0n) is 9.67. The zero-order valence-corrected chi connectivity index (χ0v) is 9.67. The lowest BCUT2D eigenvalue weighted by Crippen LogP contribution is -2.38. The van der Waals surface area contributed by atoms with Crippen molar-refractivity contribution in [3.63, 3.8) is 0 Å². The molecule has 0 bridgehead atoms. The molecule has 0 amide bonds. The molecule has 1 unspecified atom stereocenters. The van der Waals surface area contributed by atoms with Gasteiger partial charge in [-0.2, -0.15) is 5.11 Å². The Hall–Kier alpha value is -1.42. The summed E-state index contributed by atoms with van der Waals surface area (Å²) in [4.78, 5) is 0. The van der Waals surface area contributed by atoms with Crippen molar-refractivity contribution in [1.29, 1.82) is 0 Å². The lowest BCUT2D eigenvalue weighted by Gasteiger charge is -2.22. The monoisotopic (exact) mass is 219 g/mol. The van der Waals surface area contributed by atoms with E-state index >= 15 is 0 Å². The normalized spacial score (nSPS) is 20.4. The zero-order chi connectivity index (χ0) is 11.6. The third-order valence-corrected chi connectivity index (χ3v) is 2.72. The number of benzene rings is 1. The molecule has 16 heavy (non-hydrogen) atoms. The third kappa shape index (κ3) is 2.58. The van der Waals surface area contributed by atoms with Crippen LogP contribution in [-0.2, 0) is 6.54 Å². The molecular formula is C12H17N3O. The molecule has 4 nitrogen and oxygen atoms in total. The van der Waals surface area contributed by atoms with E-state index in [2.05, 4.69) is 22.5 Å². The van der Waals surface area contributed by atoms with E-state index in [1.165, 1.54) is 5.56 Å². The van der Waals surface area contributed by atoms with Crippen LogP contribution in [0.5, 0.6) is 0 Å². The predicted molar refractivity (Wildman–Crippen MR) is 61.8 cm³/mol. The molecule has 0 aliphatic carbocycles. The third-order valence-electron chi connectivity index (χ3n) is 2.72. The van der Waals surface area contributed by atoms with Gasteiger partial charge < -0.3 is 5.11 Å². The smallest absolute Gasteiger partial charge is 0.120 e. The lowest BCUT2D eigenvalue weighted by molar-refractivity contribution is 0.0506. The average Bonchev–Trinajstić information content (AvgIpc) is 2.67. The van der Waals surface area contributed by atoms with Crippen LogP contribution in [0.2, 0.25) is 0 Å². The maximum atomic E-state index is 9.82. The minimum Gasteiger partial charge on any atom is -0.388 e. The Labute approximate surface area is 95.6 Å². The minimum atomic E-state index is -0.797. The number of nitrogens with zero attached hydrogens (tertiary/aromatic N) is 3. The van der Waals surface area contributed by atoms with Crippen molar-refractivity contribution in [1.82, 2.24) is 5.01 Å². The first-order valence-electron chi connectivity index (χ1n) is 5.48. The van der Waals surface area contributed by atoms with Crippen LogP contribution in [0.15, 0.2) is 40.7 Å². The highest BCUT2D eigenvalue weighted by atomic mass is 16.3. The fourth-order valence-corrected chi connectivity index (χ4v) is 1.66. The molecule has 1 aromatic carbocycles. The Kier molecular flexibility index (Phi) is 2.92. The number of hydrogen-bond donors (Lipinski definition) is 1. The fraction of sp³-hybridized carbons (Fsp3) is 0.500. The molecule has 1 aliphatic rings. The Morgan fingerprint density at radius 1 is 1.38 bits per heavy atom. The van der Waals surface area contributed by atoms with Crippen LogP contribution in [0.25, 0.3) is 0 Å². The molecule has 0 radical (unpaired) electrons. The van der Waals surface area contributed by atoms with Gasteiger partial charge in [0, 0.05) is 0 Å². The van der Waals surface area contributed by atoms with Crippen molar-refractivity contribution >= 4 is 0 Å². The second-order valence-electron chi connectivity index (χ2n) is 4.71. The van der Waals surface area contributed by atoms with Crippen molar-refractivity contribution in [3.8, 4) is 0 Å². The van der Waals surface area contributed by atoms with Gasteiger partial charge in [-0.25, -0.2) is 0 Å². The van der Waals surface area contributed by atoms with Gasteiger partial charge in [0.2, 0.25) is 0 Å². The molecule has 0 spiro atoms. The Morgan fingerprint density at radius 2 is 2.06 bits per heavy atom. The topological polar surface area (TPSA) is 48.2 Å². The van der Waals surface area contributed by atoms with Crippen molar-refractivity contribution in [3.05, 3.63) is 35.9 Å². The first-order valence-corrected chi connectivity index (χ1v) is 5.48. The van der Waals surface area contributed by atoms with E-state index in [0.29, 0.717) is 6.54 Å². The predicted octanol–water partition coefficient (Wildman–Crippen LogP) is 2.01. The van der Waals surface area contributed by atoms with Crippen molar-refractivity contribution in [2.24, 2.45) is 10.3 Å². The number of aliphatic hydroxyl groups is 1. The van der Waals surface area contributed by atoms with E-state index in [4.69, 9.17) is 0 Å². The molecule has 0 aromatic heterocycles. The van der Waals surface area contributed by atoms with Crippen LogP contribution < -0.4 is 0 Å². The van der Waals surface area contributed by atoms with E-state index in [-0.39, 0.29) is 6.04 Å². The first-order chi connectivity index (χ1) is 7.55. The minimum absolute atomic E-state index is 0.129. The van der Waals surface area contributed by atoms with Gasteiger partial charge in [-0.15, -0.1) is 0 Å². The summed E-state index contributed by atoms with van der Waals surface area (Å²) >= 11 is 0. The molecule has 1 aromatic rings. The Balaban J connectivity index is 1.94. The SMILES string of the molecule is CC(C)(O)C1CN(Cc2ccccc2)N=N1. The van der Waals surface area contributed by atoms with Gasteiger partial charge in [0.05, 0.1) is 18.7 Å². The van der Waals surface area contributed by atoms with Gasteiger partial charge in [-0.3, -0.25) is 5.01 Å². The quantitative estimate of drug-likeness (QED) is 0.845. The van der Waals surface area contributed by atoms with Crippen molar-refractivity contribution in [2.45, 2.75) is 32.0 Å². The maximum absolute atomic E-state index is 9.82. The highest BCUT2D eigenvalue weighted by Crippen LogP contribution is 2.21. The summed E-state index contributed by atoms with van der Waals surface area (Å²) in [5.41, 5.74) is 0.410. The molecule has 1 atom stereocenters. The summed E-state index contributed by atoms with van der Waals surface area (Å²) in [6.07, 6.45) is 0. The number of rotatable bonds is 3. The first kappa shape index (κ1) is 11.1. The largest absolute Gasteiger partial charge is 0.388 e. The molecule has 0 saturated carbocycles. The van der Waals surface area contributed by atoms with Crippen LogP contribution in [0.3, 0.4) is 0 Å². The van der Waals surface area contributed by atoms with Crippen LogP contribution >= 0.6 is 0 Å². The van der Waals surface area contributed by atoms with Gasteiger partial charge in [0.25, 0.3) is 0 Å². The molecule has 86 valence electrons. The van der Waals surface area contributed by atoms with E-state index in [1.807, 2.05) is 23.2 Å². The van der Waals surface area contributed by atoms with Crippen LogP contribution in [-0.4, -0.2) is 28.3 Å². The summed E-state index contributed by atoms with van der Waals surface area (Å²) in [6.45, 7) is 4.96. The van der Waals surface area contributed by atoms with Gasteiger partial charge in [0.1, 0.15) is 6.04 Å². The summed E-state index contributed by atoms with van der Waals surface area (Å²) in [5, 5.41) is 19.9. The van der Waals surface area contributed by atoms with Gasteiger partial charge >= 0.3 is 0 Å². The Morgan fingerprint density at radius 3 is 2.62 bits per heavy atom. The maximum Gasteiger partial charge on any atom is 0.120 e. The summed E-state index contributed by atoms with van der Waals surface area (Å²) in [5.74, 6) is 0. The van der Waals surface area contributed by atoms with Gasteiger partial charge in [-0.1, -0.05) is 35.6 Å². The van der Waals surface area contributed by atoms with Gasteiger partial charge in [-0.05, 0) is 19.4 Å². The van der Waals surface area contributed by atoms with E-state index in [1.54, 1.807) is 13.8 Å². The molecule has 1 N–H and O–H groups in total. The molecule has 0 fully saturated rings. The van der Waals surface area contributed by atoms with Crippen LogP contribution in [0.1, 0.15) is 19.4 Å². The van der Waals surface area contributed by atoms with Crippen molar-refractivity contribution < 1.29 is 5.11 Å². The van der Waals surface area contributed by atoms with Crippen molar-refractivity contribution in [2.75, 3.05) is 6.54 Å². The fourth-order valence-electron chi connectivity index (χ4n) is 1.66. The lowest BCUT2D eigenvalue weighted by atomic mass is 10.00. The van der Waals surface area contributed by atoms with E-state index < -0.39 is 5.60 Å². The average molecular weight is 219 g/mol. The standard InChI is InChI=1S/C12H17N3O/c1-12(2,16)11-9-15(14-13-11)8-10-6-4-3-5-7-10/h3-7,11,16H,8-9H2,1-2H3. The molecule has 1 heterocycles. The van der Waals surface area contributed by atoms with Crippen LogP contribution in [0.4, 0.5) is 0 Å². The Bertz CT molecular complexity index is 370. The van der Waals surface area contributed by atoms with Crippen LogP contribution in [0, 0.1) is 0 Å². The van der Waals surface area contributed by atoms with Gasteiger partial charge in [0.15, 0.2) is 0 Å². The summed E-state index contributed by atoms with van der Waals surface area (Å²) in [6, 6.07) is 10.0. The van der Waals surface area contributed by atoms with E-state index in [9.17, 15) is 5.11 Å². The summed E-state index contributed by atoms with van der Waals surface area (Å²) in [7, 11) is 0. The highest BCUT2D eigenvalue weighted by molar-refractivity contribution is 5.14. The number of hydrogen-bond acceptors (Lipinski definition) is 4. The summed E-state index contributed by atoms with van der Waals surface area (Å²) < 4.78 is 0. The molecule has 1 aliphatic heterocycles. The van der Waals surface area contributed by atoms with E-state index in [0.717, 1.165) is 6.54 Å².